The second-order valence-electron chi connectivity index (χ2n) is 4.21. The van der Waals surface area contributed by atoms with E-state index in [9.17, 15) is 4.39 Å². The monoisotopic (exact) mass is 332 g/mol. The zero-order valence-corrected chi connectivity index (χ0v) is 11.9. The first-order valence-electron chi connectivity index (χ1n) is 5.86. The summed E-state index contributed by atoms with van der Waals surface area (Å²) >= 11 is 3.19. The Hall–Kier alpha value is -2.21. The number of imidazole rings is 1. The zero-order chi connectivity index (χ0) is 14.1. The molecule has 0 radical (unpaired) electrons. The summed E-state index contributed by atoms with van der Waals surface area (Å²) in [5.41, 5.74) is 7.20. The molecule has 0 aliphatic heterocycles. The summed E-state index contributed by atoms with van der Waals surface area (Å²) in [6, 6.07) is 8.64. The van der Waals surface area contributed by atoms with Crippen LogP contribution in [0.5, 0.6) is 0 Å². The van der Waals surface area contributed by atoms with E-state index in [2.05, 4.69) is 25.9 Å². The number of anilines is 1. The van der Waals surface area contributed by atoms with Gasteiger partial charge in [0, 0.05) is 34.3 Å². The average Bonchev–Trinajstić information content (AvgIpc) is 2.87. The smallest absolute Gasteiger partial charge is 0.174 e. The highest BCUT2D eigenvalue weighted by molar-refractivity contribution is 9.10. The molecule has 0 spiro atoms. The van der Waals surface area contributed by atoms with E-state index < -0.39 is 5.82 Å². The van der Waals surface area contributed by atoms with Crippen molar-refractivity contribution in [1.82, 2.24) is 14.5 Å². The summed E-state index contributed by atoms with van der Waals surface area (Å²) < 4.78 is 16.2. The van der Waals surface area contributed by atoms with Crippen molar-refractivity contribution in [1.29, 1.82) is 0 Å². The Morgan fingerprint density at radius 2 is 2.05 bits per heavy atom. The topological polar surface area (TPSA) is 56.7 Å². The number of nitrogen functional groups attached to an aromatic ring is 1. The third-order valence-corrected chi connectivity index (χ3v) is 3.24. The first kappa shape index (κ1) is 12.8. The molecule has 2 N–H and O–H groups in total. The van der Waals surface area contributed by atoms with Crippen LogP contribution in [0.15, 0.2) is 53.4 Å². The number of pyridine rings is 1. The van der Waals surface area contributed by atoms with Crippen LogP contribution in [0, 0.1) is 5.82 Å². The second-order valence-corrected chi connectivity index (χ2v) is 5.12. The fourth-order valence-electron chi connectivity index (χ4n) is 1.95. The second kappa shape index (κ2) is 5.05. The number of hydrogen-bond acceptors (Lipinski definition) is 3. The molecule has 2 aromatic heterocycles. The van der Waals surface area contributed by atoms with Crippen molar-refractivity contribution in [2.24, 2.45) is 0 Å². The Balaban J connectivity index is 2.15. The Labute approximate surface area is 123 Å². The van der Waals surface area contributed by atoms with E-state index in [0.29, 0.717) is 16.0 Å². The van der Waals surface area contributed by atoms with Gasteiger partial charge < -0.3 is 5.73 Å². The molecule has 0 aliphatic carbocycles. The predicted molar refractivity (Wildman–Crippen MR) is 78.9 cm³/mol. The molecule has 0 aliphatic rings. The molecule has 0 amide bonds. The van der Waals surface area contributed by atoms with E-state index in [1.54, 1.807) is 35.3 Å². The van der Waals surface area contributed by atoms with Crippen LogP contribution in [0.1, 0.15) is 0 Å². The third kappa shape index (κ3) is 2.30. The molecule has 0 atom stereocenters. The highest BCUT2D eigenvalue weighted by Crippen LogP contribution is 2.24. The Morgan fingerprint density at radius 3 is 2.80 bits per heavy atom. The molecule has 3 aromatic rings. The van der Waals surface area contributed by atoms with Crippen molar-refractivity contribution < 1.29 is 4.39 Å². The SMILES string of the molecule is Nc1cccc(-c2nccn2-c2ncc(Br)cc2F)c1. The van der Waals surface area contributed by atoms with Gasteiger partial charge in [-0.3, -0.25) is 4.57 Å². The van der Waals surface area contributed by atoms with Gasteiger partial charge in [0.2, 0.25) is 0 Å². The zero-order valence-electron chi connectivity index (χ0n) is 10.3. The van der Waals surface area contributed by atoms with Crippen LogP contribution in [0.25, 0.3) is 17.2 Å². The summed E-state index contributed by atoms with van der Waals surface area (Å²) in [6.07, 6.45) is 4.81. The minimum atomic E-state index is -0.428. The summed E-state index contributed by atoms with van der Waals surface area (Å²) in [5, 5.41) is 0. The van der Waals surface area contributed by atoms with Gasteiger partial charge in [0.25, 0.3) is 0 Å². The summed E-state index contributed by atoms with van der Waals surface area (Å²) in [5.74, 6) is 0.358. The number of aromatic nitrogens is 3. The lowest BCUT2D eigenvalue weighted by atomic mass is 10.2. The van der Waals surface area contributed by atoms with Gasteiger partial charge in [0.1, 0.15) is 5.82 Å². The van der Waals surface area contributed by atoms with Crippen LogP contribution in [-0.2, 0) is 0 Å². The molecule has 0 unspecified atom stereocenters. The molecule has 6 heteroatoms. The number of rotatable bonds is 2. The average molecular weight is 333 g/mol. The Kier molecular flexibility index (Phi) is 3.23. The van der Waals surface area contributed by atoms with E-state index in [4.69, 9.17) is 5.73 Å². The first-order chi connectivity index (χ1) is 9.65. The molecule has 0 fully saturated rings. The summed E-state index contributed by atoms with van der Waals surface area (Å²) in [7, 11) is 0. The van der Waals surface area contributed by atoms with Gasteiger partial charge in [-0.2, -0.15) is 0 Å². The molecule has 20 heavy (non-hydrogen) atoms. The Morgan fingerprint density at radius 1 is 1.20 bits per heavy atom. The molecule has 0 saturated heterocycles. The highest BCUT2D eigenvalue weighted by Gasteiger charge is 2.13. The number of benzene rings is 1. The lowest BCUT2D eigenvalue weighted by Gasteiger charge is -2.08. The lowest BCUT2D eigenvalue weighted by Crippen LogP contribution is -2.02. The number of hydrogen-bond donors (Lipinski definition) is 1. The van der Waals surface area contributed by atoms with E-state index in [-0.39, 0.29) is 5.82 Å². The fraction of sp³-hybridized carbons (Fsp3) is 0. The molecular formula is C14H10BrFN4. The van der Waals surface area contributed by atoms with Gasteiger partial charge in [-0.05, 0) is 34.1 Å². The molecule has 2 heterocycles. The summed E-state index contributed by atoms with van der Waals surface area (Å²) in [6.45, 7) is 0. The fourth-order valence-corrected chi connectivity index (χ4v) is 2.25. The van der Waals surface area contributed by atoms with Gasteiger partial charge >= 0.3 is 0 Å². The van der Waals surface area contributed by atoms with E-state index in [1.165, 1.54) is 6.07 Å². The van der Waals surface area contributed by atoms with Crippen molar-refractivity contribution in [3.8, 4) is 17.2 Å². The normalized spacial score (nSPS) is 10.7. The van der Waals surface area contributed by atoms with E-state index >= 15 is 0 Å². The molecule has 3 rings (SSSR count). The van der Waals surface area contributed by atoms with Crippen molar-refractivity contribution in [2.75, 3.05) is 5.73 Å². The molecule has 1 aromatic carbocycles. The van der Waals surface area contributed by atoms with Crippen LogP contribution in [0.3, 0.4) is 0 Å². The standard InChI is InChI=1S/C14H10BrFN4/c15-10-7-12(16)14(19-8-10)20-5-4-18-13(20)9-2-1-3-11(17)6-9/h1-8H,17H2. The lowest BCUT2D eigenvalue weighted by molar-refractivity contribution is 0.609. The van der Waals surface area contributed by atoms with Crippen LogP contribution in [-0.4, -0.2) is 14.5 Å². The summed E-state index contributed by atoms with van der Waals surface area (Å²) in [4.78, 5) is 8.36. The predicted octanol–water partition coefficient (Wildman–Crippen LogP) is 3.42. The molecule has 0 bridgehead atoms. The van der Waals surface area contributed by atoms with Crippen LogP contribution >= 0.6 is 15.9 Å². The molecule has 0 saturated carbocycles. The Bertz CT molecular complexity index is 769. The number of halogens is 2. The minimum Gasteiger partial charge on any atom is -0.399 e. The maximum Gasteiger partial charge on any atom is 0.174 e. The first-order valence-corrected chi connectivity index (χ1v) is 6.65. The van der Waals surface area contributed by atoms with Crippen molar-refractivity contribution in [2.45, 2.75) is 0 Å². The van der Waals surface area contributed by atoms with Gasteiger partial charge in [-0.15, -0.1) is 0 Å². The van der Waals surface area contributed by atoms with Gasteiger partial charge in [0.15, 0.2) is 11.6 Å². The molecular weight excluding hydrogens is 323 g/mol. The van der Waals surface area contributed by atoms with Crippen LogP contribution in [0.2, 0.25) is 0 Å². The van der Waals surface area contributed by atoms with Crippen LogP contribution in [0.4, 0.5) is 10.1 Å². The maximum absolute atomic E-state index is 14.0. The number of nitrogens with zero attached hydrogens (tertiary/aromatic N) is 3. The maximum atomic E-state index is 14.0. The largest absolute Gasteiger partial charge is 0.399 e. The quantitative estimate of drug-likeness (QED) is 0.731. The van der Waals surface area contributed by atoms with Crippen molar-refractivity contribution in [3.05, 3.63) is 59.2 Å². The van der Waals surface area contributed by atoms with E-state index in [1.807, 2.05) is 12.1 Å². The minimum absolute atomic E-state index is 0.197. The highest BCUT2D eigenvalue weighted by atomic mass is 79.9. The van der Waals surface area contributed by atoms with Gasteiger partial charge in [-0.1, -0.05) is 12.1 Å². The van der Waals surface area contributed by atoms with Gasteiger partial charge in [0.05, 0.1) is 0 Å². The van der Waals surface area contributed by atoms with Gasteiger partial charge in [-0.25, -0.2) is 14.4 Å². The van der Waals surface area contributed by atoms with Crippen molar-refractivity contribution in [3.63, 3.8) is 0 Å². The number of nitrogens with two attached hydrogens (primary N) is 1. The van der Waals surface area contributed by atoms with Crippen molar-refractivity contribution >= 4 is 21.6 Å². The third-order valence-electron chi connectivity index (χ3n) is 2.80. The van der Waals surface area contributed by atoms with Crippen LogP contribution < -0.4 is 5.73 Å². The molecule has 100 valence electrons. The molecule has 4 nitrogen and oxygen atoms in total. The van der Waals surface area contributed by atoms with E-state index in [0.717, 1.165) is 5.56 Å².